The molecule has 1 spiro atoms. The SMILES string of the molecule is FC(F)(F)C1(COC2CC3(CNC3)C2)CC1. The molecule has 2 aliphatic carbocycles. The Balaban J connectivity index is 1.45. The molecule has 3 rings (SSSR count). The van der Waals surface area contributed by atoms with Gasteiger partial charge in [0.05, 0.1) is 18.1 Å². The quantitative estimate of drug-likeness (QED) is 0.808. The molecule has 0 unspecified atom stereocenters. The molecule has 1 N–H and O–H groups in total. The smallest absolute Gasteiger partial charge is 0.377 e. The molecule has 16 heavy (non-hydrogen) atoms. The van der Waals surface area contributed by atoms with E-state index in [0.29, 0.717) is 5.41 Å². The fraction of sp³-hybridized carbons (Fsp3) is 1.00. The van der Waals surface area contributed by atoms with Crippen LogP contribution in [0.5, 0.6) is 0 Å². The van der Waals surface area contributed by atoms with Crippen molar-refractivity contribution in [1.82, 2.24) is 5.32 Å². The van der Waals surface area contributed by atoms with Gasteiger partial charge in [0.2, 0.25) is 0 Å². The Morgan fingerprint density at radius 2 is 1.81 bits per heavy atom. The number of nitrogens with one attached hydrogen (secondary N) is 1. The molecule has 1 saturated heterocycles. The molecule has 5 heteroatoms. The van der Waals surface area contributed by atoms with E-state index in [1.807, 2.05) is 0 Å². The minimum Gasteiger partial charge on any atom is -0.377 e. The summed E-state index contributed by atoms with van der Waals surface area (Å²) in [6, 6.07) is 0. The molecule has 3 fully saturated rings. The van der Waals surface area contributed by atoms with E-state index in [9.17, 15) is 13.2 Å². The molecule has 3 aliphatic rings. The van der Waals surface area contributed by atoms with Crippen LogP contribution in [0.3, 0.4) is 0 Å². The van der Waals surface area contributed by atoms with E-state index in [1.54, 1.807) is 0 Å². The minimum atomic E-state index is -4.08. The summed E-state index contributed by atoms with van der Waals surface area (Å²) in [5.74, 6) is 0. The van der Waals surface area contributed by atoms with Gasteiger partial charge in [-0.3, -0.25) is 0 Å². The summed E-state index contributed by atoms with van der Waals surface area (Å²) in [6.45, 7) is 1.90. The maximum absolute atomic E-state index is 12.6. The molecule has 1 aliphatic heterocycles. The molecular weight excluding hydrogens is 219 g/mol. The van der Waals surface area contributed by atoms with Gasteiger partial charge in [-0.05, 0) is 25.7 Å². The molecule has 2 saturated carbocycles. The number of ether oxygens (including phenoxy) is 1. The van der Waals surface area contributed by atoms with Gasteiger partial charge in [-0.2, -0.15) is 13.2 Å². The van der Waals surface area contributed by atoms with Crippen LogP contribution in [0.1, 0.15) is 25.7 Å². The van der Waals surface area contributed by atoms with Crippen LogP contribution in [0, 0.1) is 10.8 Å². The second-order valence-corrected chi connectivity index (χ2v) is 5.72. The molecule has 0 aromatic carbocycles. The molecule has 0 amide bonds. The lowest BCUT2D eigenvalue weighted by atomic mass is 9.63. The fourth-order valence-electron chi connectivity index (χ4n) is 2.73. The van der Waals surface area contributed by atoms with Gasteiger partial charge < -0.3 is 10.1 Å². The first kappa shape index (κ1) is 10.8. The van der Waals surface area contributed by atoms with Gasteiger partial charge in [-0.15, -0.1) is 0 Å². The van der Waals surface area contributed by atoms with E-state index < -0.39 is 11.6 Å². The number of rotatable bonds is 3. The first-order valence-electron chi connectivity index (χ1n) is 5.84. The van der Waals surface area contributed by atoms with Crippen LogP contribution in [0.15, 0.2) is 0 Å². The normalized spacial score (nSPS) is 30.9. The second-order valence-electron chi connectivity index (χ2n) is 5.72. The summed E-state index contributed by atoms with van der Waals surface area (Å²) >= 11 is 0. The average Bonchev–Trinajstić information content (AvgIpc) is 2.77. The number of hydrogen-bond donors (Lipinski definition) is 1. The van der Waals surface area contributed by atoms with Gasteiger partial charge in [0.1, 0.15) is 0 Å². The van der Waals surface area contributed by atoms with Crippen molar-refractivity contribution in [2.75, 3.05) is 19.7 Å². The second kappa shape index (κ2) is 3.13. The van der Waals surface area contributed by atoms with E-state index in [0.717, 1.165) is 25.9 Å². The number of hydrogen-bond acceptors (Lipinski definition) is 2. The molecule has 92 valence electrons. The number of alkyl halides is 3. The summed E-state index contributed by atoms with van der Waals surface area (Å²) in [6.07, 6.45) is -1.64. The molecule has 0 atom stereocenters. The van der Waals surface area contributed by atoms with Crippen LogP contribution in [0.2, 0.25) is 0 Å². The summed E-state index contributed by atoms with van der Waals surface area (Å²) in [5.41, 5.74) is -1.12. The van der Waals surface area contributed by atoms with Gasteiger partial charge in [-0.1, -0.05) is 0 Å². The molecule has 0 radical (unpaired) electrons. The summed E-state index contributed by atoms with van der Waals surface area (Å²) < 4.78 is 43.2. The van der Waals surface area contributed by atoms with Crippen molar-refractivity contribution in [3.63, 3.8) is 0 Å². The van der Waals surface area contributed by atoms with Crippen molar-refractivity contribution in [2.45, 2.75) is 38.0 Å². The Hall–Kier alpha value is -0.290. The minimum absolute atomic E-state index is 0.0712. The highest BCUT2D eigenvalue weighted by Crippen LogP contribution is 2.58. The summed E-state index contributed by atoms with van der Waals surface area (Å²) in [5, 5.41) is 3.20. The largest absolute Gasteiger partial charge is 0.396 e. The first-order valence-corrected chi connectivity index (χ1v) is 5.84. The van der Waals surface area contributed by atoms with Crippen LogP contribution < -0.4 is 5.32 Å². The highest BCUT2D eigenvalue weighted by molar-refractivity contribution is 5.04. The molecular formula is C11H16F3NO. The van der Waals surface area contributed by atoms with Crippen molar-refractivity contribution in [3.8, 4) is 0 Å². The zero-order chi connectivity index (χ0) is 11.4. The van der Waals surface area contributed by atoms with Crippen LogP contribution in [-0.4, -0.2) is 32.0 Å². The third-order valence-electron chi connectivity index (χ3n) is 4.37. The van der Waals surface area contributed by atoms with E-state index in [-0.39, 0.29) is 25.6 Å². The van der Waals surface area contributed by atoms with Gasteiger partial charge in [0, 0.05) is 18.5 Å². The molecule has 0 aromatic heterocycles. The Morgan fingerprint density at radius 3 is 2.19 bits per heavy atom. The van der Waals surface area contributed by atoms with Crippen molar-refractivity contribution in [1.29, 1.82) is 0 Å². The van der Waals surface area contributed by atoms with E-state index in [1.165, 1.54) is 0 Å². The van der Waals surface area contributed by atoms with Crippen LogP contribution in [-0.2, 0) is 4.74 Å². The van der Waals surface area contributed by atoms with Crippen molar-refractivity contribution >= 4 is 0 Å². The molecule has 0 aromatic rings. The third kappa shape index (κ3) is 1.56. The highest BCUT2D eigenvalue weighted by Gasteiger charge is 2.64. The Bertz CT molecular complexity index is 286. The fourth-order valence-corrected chi connectivity index (χ4v) is 2.73. The van der Waals surface area contributed by atoms with Crippen LogP contribution in [0.25, 0.3) is 0 Å². The summed E-state index contributed by atoms with van der Waals surface area (Å²) in [4.78, 5) is 0. The van der Waals surface area contributed by atoms with E-state index in [2.05, 4.69) is 5.32 Å². The third-order valence-corrected chi connectivity index (χ3v) is 4.37. The predicted molar refractivity (Wildman–Crippen MR) is 52.0 cm³/mol. The highest BCUT2D eigenvalue weighted by atomic mass is 19.4. The van der Waals surface area contributed by atoms with Crippen LogP contribution >= 0.6 is 0 Å². The lowest BCUT2D eigenvalue weighted by molar-refractivity contribution is -0.215. The standard InChI is InChI=1S/C11H16F3NO/c12-11(13,14)10(1-2-10)7-16-8-3-9(4-8)5-15-6-9/h8,15H,1-7H2. The van der Waals surface area contributed by atoms with Gasteiger partial charge >= 0.3 is 6.18 Å². The first-order chi connectivity index (χ1) is 7.45. The van der Waals surface area contributed by atoms with Gasteiger partial charge in [0.25, 0.3) is 0 Å². The zero-order valence-electron chi connectivity index (χ0n) is 9.07. The van der Waals surface area contributed by atoms with Gasteiger partial charge in [-0.25, -0.2) is 0 Å². The predicted octanol–water partition coefficient (Wildman–Crippen LogP) is 2.10. The monoisotopic (exact) mass is 235 g/mol. The topological polar surface area (TPSA) is 21.3 Å². The lowest BCUT2D eigenvalue weighted by Crippen LogP contribution is -2.62. The Kier molecular flexibility index (Phi) is 2.12. The lowest BCUT2D eigenvalue weighted by Gasteiger charge is -2.54. The Morgan fingerprint density at radius 1 is 1.19 bits per heavy atom. The Labute approximate surface area is 92.5 Å². The van der Waals surface area contributed by atoms with E-state index in [4.69, 9.17) is 4.74 Å². The molecule has 2 nitrogen and oxygen atoms in total. The molecule has 0 bridgehead atoms. The maximum atomic E-state index is 12.6. The van der Waals surface area contributed by atoms with E-state index >= 15 is 0 Å². The van der Waals surface area contributed by atoms with Crippen molar-refractivity contribution < 1.29 is 17.9 Å². The number of halogens is 3. The van der Waals surface area contributed by atoms with Crippen molar-refractivity contribution in [2.24, 2.45) is 10.8 Å². The molecule has 1 heterocycles. The zero-order valence-corrected chi connectivity index (χ0v) is 9.07. The van der Waals surface area contributed by atoms with Crippen LogP contribution in [0.4, 0.5) is 13.2 Å². The van der Waals surface area contributed by atoms with Gasteiger partial charge in [0.15, 0.2) is 0 Å². The van der Waals surface area contributed by atoms with Crippen molar-refractivity contribution in [3.05, 3.63) is 0 Å². The maximum Gasteiger partial charge on any atom is 0.396 e. The summed E-state index contributed by atoms with van der Waals surface area (Å²) in [7, 11) is 0. The average molecular weight is 235 g/mol.